The molecule has 2 aromatic rings. The van der Waals surface area contributed by atoms with E-state index in [9.17, 15) is 0 Å². The lowest BCUT2D eigenvalue weighted by Crippen LogP contribution is -2.06. The van der Waals surface area contributed by atoms with Gasteiger partial charge in [-0.25, -0.2) is 0 Å². The smallest absolute Gasteiger partial charge is 0.119 e. The lowest BCUT2D eigenvalue weighted by atomic mass is 10.1. The molecular weight excluding hydrogens is 284 g/mol. The van der Waals surface area contributed by atoms with E-state index in [4.69, 9.17) is 4.74 Å². The number of hydrogen-bond donors (Lipinski definition) is 0. The predicted octanol–water partition coefficient (Wildman–Crippen LogP) is 6.26. The molecule has 1 unspecified atom stereocenters. The average Bonchev–Trinajstić information content (AvgIpc) is 2.60. The first kappa shape index (κ1) is 16.9. The van der Waals surface area contributed by atoms with Crippen LogP contribution in [-0.4, -0.2) is 6.61 Å². The van der Waals surface area contributed by atoms with Gasteiger partial charge in [0.25, 0.3) is 0 Å². The Balaban J connectivity index is 1.93. The molecule has 0 radical (unpaired) electrons. The van der Waals surface area contributed by atoms with E-state index in [0.717, 1.165) is 36.6 Å². The van der Waals surface area contributed by atoms with Crippen LogP contribution in [0.15, 0.2) is 71.4 Å². The van der Waals surface area contributed by atoms with Gasteiger partial charge >= 0.3 is 0 Å². The maximum atomic E-state index is 5.73. The topological polar surface area (TPSA) is 34.0 Å². The summed E-state index contributed by atoms with van der Waals surface area (Å²) in [5, 5.41) is 8.51. The minimum absolute atomic E-state index is 0.568. The van der Waals surface area contributed by atoms with Crippen molar-refractivity contribution in [2.45, 2.75) is 26.7 Å². The fourth-order valence-corrected chi connectivity index (χ4v) is 1.95. The summed E-state index contributed by atoms with van der Waals surface area (Å²) in [6.07, 6.45) is 3.88. The number of allylic oxidation sites excluding steroid dienone is 1. The van der Waals surface area contributed by atoms with E-state index in [1.54, 1.807) is 0 Å². The predicted molar refractivity (Wildman–Crippen MR) is 95.9 cm³/mol. The molecule has 0 saturated heterocycles. The summed E-state index contributed by atoms with van der Waals surface area (Å²) in [6, 6.07) is 15.7. The third-order valence-electron chi connectivity index (χ3n) is 3.67. The summed E-state index contributed by atoms with van der Waals surface area (Å²) in [6.45, 7) is 8.83. The van der Waals surface area contributed by atoms with E-state index in [2.05, 4.69) is 30.7 Å². The van der Waals surface area contributed by atoms with Gasteiger partial charge in [-0.1, -0.05) is 38.5 Å². The van der Waals surface area contributed by atoms with Crippen LogP contribution in [0.2, 0.25) is 0 Å². The monoisotopic (exact) mass is 308 g/mol. The fraction of sp³-hybridized carbons (Fsp3) is 0.300. The zero-order valence-electron chi connectivity index (χ0n) is 13.9. The number of azo groups is 1. The highest BCUT2D eigenvalue weighted by Gasteiger charge is 2.00. The Hall–Kier alpha value is -2.42. The molecule has 2 rings (SSSR count). The molecular formula is C20H24N2O. The Morgan fingerprint density at radius 1 is 1.00 bits per heavy atom. The van der Waals surface area contributed by atoms with Crippen molar-refractivity contribution in [3.63, 3.8) is 0 Å². The van der Waals surface area contributed by atoms with E-state index in [1.165, 1.54) is 5.56 Å². The van der Waals surface area contributed by atoms with Crippen molar-refractivity contribution in [3.8, 4) is 5.75 Å². The van der Waals surface area contributed by atoms with Crippen molar-refractivity contribution in [1.82, 2.24) is 0 Å². The molecule has 3 nitrogen and oxygen atoms in total. The molecule has 0 heterocycles. The Morgan fingerprint density at radius 3 is 2.09 bits per heavy atom. The van der Waals surface area contributed by atoms with Gasteiger partial charge in [0, 0.05) is 0 Å². The highest BCUT2D eigenvalue weighted by atomic mass is 16.5. The molecule has 1 atom stereocenters. The molecule has 2 aromatic carbocycles. The maximum absolute atomic E-state index is 5.73. The molecule has 3 heteroatoms. The average molecular weight is 308 g/mol. The minimum Gasteiger partial charge on any atom is -0.493 e. The van der Waals surface area contributed by atoms with Gasteiger partial charge in [0.15, 0.2) is 0 Å². The lowest BCUT2D eigenvalue weighted by molar-refractivity contribution is 0.256. The van der Waals surface area contributed by atoms with Gasteiger partial charge in [-0.2, -0.15) is 10.2 Å². The van der Waals surface area contributed by atoms with Gasteiger partial charge in [-0.05, 0) is 54.3 Å². The van der Waals surface area contributed by atoms with Crippen LogP contribution in [-0.2, 0) is 6.42 Å². The number of benzene rings is 2. The largest absolute Gasteiger partial charge is 0.493 e. The van der Waals surface area contributed by atoms with Crippen LogP contribution in [0.5, 0.6) is 5.75 Å². The zero-order chi connectivity index (χ0) is 16.5. The summed E-state index contributed by atoms with van der Waals surface area (Å²) < 4.78 is 5.73. The number of hydrogen-bond acceptors (Lipinski definition) is 3. The molecule has 0 aliphatic carbocycles. The first-order valence-electron chi connectivity index (χ1n) is 8.05. The summed E-state index contributed by atoms with van der Waals surface area (Å²) in [5.74, 6) is 1.44. The van der Waals surface area contributed by atoms with Crippen LogP contribution >= 0.6 is 0 Å². The van der Waals surface area contributed by atoms with Crippen molar-refractivity contribution in [1.29, 1.82) is 0 Å². The second kappa shape index (κ2) is 8.89. The van der Waals surface area contributed by atoms with Crippen LogP contribution in [0, 0.1) is 5.92 Å². The fourth-order valence-electron chi connectivity index (χ4n) is 1.95. The minimum atomic E-state index is 0.568. The van der Waals surface area contributed by atoms with E-state index in [0.29, 0.717) is 5.92 Å². The van der Waals surface area contributed by atoms with Crippen LogP contribution in [0.1, 0.15) is 25.8 Å². The standard InChI is InChI=1S/C20H24N2O/c1-4-6-17-7-9-18(10-8-17)21-22-19-11-13-20(14-12-19)23-15-16(3)5-2/h4,7-14,16H,1,5-6,15H2,2-3H3. The zero-order valence-corrected chi connectivity index (χ0v) is 13.9. The molecule has 0 amide bonds. The third kappa shape index (κ3) is 5.70. The van der Waals surface area contributed by atoms with Gasteiger partial charge in [0.05, 0.1) is 18.0 Å². The molecule has 0 N–H and O–H groups in total. The molecule has 23 heavy (non-hydrogen) atoms. The molecule has 0 bridgehead atoms. The highest BCUT2D eigenvalue weighted by molar-refractivity contribution is 5.43. The van der Waals surface area contributed by atoms with Crippen LogP contribution in [0.3, 0.4) is 0 Å². The summed E-state index contributed by atoms with van der Waals surface area (Å²) >= 11 is 0. The second-order valence-corrected chi connectivity index (χ2v) is 5.68. The third-order valence-corrected chi connectivity index (χ3v) is 3.67. The van der Waals surface area contributed by atoms with Crippen molar-refractivity contribution < 1.29 is 4.74 Å². The Morgan fingerprint density at radius 2 is 1.57 bits per heavy atom. The Bertz CT molecular complexity index is 630. The van der Waals surface area contributed by atoms with Crippen LogP contribution in [0.4, 0.5) is 11.4 Å². The van der Waals surface area contributed by atoms with E-state index in [1.807, 2.05) is 54.6 Å². The molecule has 0 aromatic heterocycles. The Kier molecular flexibility index (Phi) is 6.55. The molecule has 0 saturated carbocycles. The van der Waals surface area contributed by atoms with Crippen molar-refractivity contribution in [2.24, 2.45) is 16.1 Å². The number of ether oxygens (including phenoxy) is 1. The molecule has 0 aliphatic heterocycles. The van der Waals surface area contributed by atoms with Crippen molar-refractivity contribution in [2.75, 3.05) is 6.61 Å². The van der Waals surface area contributed by atoms with Gasteiger partial charge in [0.1, 0.15) is 5.75 Å². The maximum Gasteiger partial charge on any atom is 0.119 e. The van der Waals surface area contributed by atoms with Gasteiger partial charge in [0.2, 0.25) is 0 Å². The molecule has 120 valence electrons. The van der Waals surface area contributed by atoms with E-state index >= 15 is 0 Å². The number of nitrogens with zero attached hydrogens (tertiary/aromatic N) is 2. The first-order chi connectivity index (χ1) is 11.2. The lowest BCUT2D eigenvalue weighted by Gasteiger charge is -2.10. The molecule has 0 spiro atoms. The van der Waals surface area contributed by atoms with E-state index in [-0.39, 0.29) is 0 Å². The second-order valence-electron chi connectivity index (χ2n) is 5.68. The SMILES string of the molecule is C=CCc1ccc(N=Nc2ccc(OCC(C)CC)cc2)cc1. The summed E-state index contributed by atoms with van der Waals surface area (Å²) in [7, 11) is 0. The van der Waals surface area contributed by atoms with Gasteiger partial charge < -0.3 is 4.74 Å². The van der Waals surface area contributed by atoms with Gasteiger partial charge in [-0.3, -0.25) is 0 Å². The highest BCUT2D eigenvalue weighted by Crippen LogP contribution is 2.22. The molecule has 0 fully saturated rings. The van der Waals surface area contributed by atoms with Crippen molar-refractivity contribution >= 4 is 11.4 Å². The number of rotatable bonds is 8. The van der Waals surface area contributed by atoms with Crippen LogP contribution < -0.4 is 4.74 Å². The summed E-state index contributed by atoms with van der Waals surface area (Å²) in [4.78, 5) is 0. The first-order valence-corrected chi connectivity index (χ1v) is 8.05. The van der Waals surface area contributed by atoms with E-state index < -0.39 is 0 Å². The summed E-state index contributed by atoms with van der Waals surface area (Å²) in [5.41, 5.74) is 2.88. The Labute approximate surface area is 138 Å². The van der Waals surface area contributed by atoms with Crippen molar-refractivity contribution in [3.05, 3.63) is 66.7 Å². The molecule has 0 aliphatic rings. The van der Waals surface area contributed by atoms with Gasteiger partial charge in [-0.15, -0.1) is 6.58 Å². The van der Waals surface area contributed by atoms with Crippen LogP contribution in [0.25, 0.3) is 0 Å². The normalized spacial score (nSPS) is 12.3. The quantitative estimate of drug-likeness (QED) is 0.419.